The van der Waals surface area contributed by atoms with Crippen LogP contribution < -0.4 is 0 Å². The van der Waals surface area contributed by atoms with E-state index in [0.29, 0.717) is 0 Å². The van der Waals surface area contributed by atoms with Gasteiger partial charge in [0.1, 0.15) is 0 Å². The van der Waals surface area contributed by atoms with Crippen molar-refractivity contribution >= 4 is 15.9 Å². The molecule has 1 heteroatoms. The molecule has 0 aromatic carbocycles. The largest absolute Gasteiger partial charge is 0.0883 e. The zero-order valence-electron chi connectivity index (χ0n) is 10.4. The van der Waals surface area contributed by atoms with Crippen LogP contribution in [0.3, 0.4) is 0 Å². The van der Waals surface area contributed by atoms with Crippen molar-refractivity contribution in [3.8, 4) is 0 Å². The minimum Gasteiger partial charge on any atom is -0.0883 e. The molecule has 0 aromatic heterocycles. The number of hydrogen-bond donors (Lipinski definition) is 0. The van der Waals surface area contributed by atoms with Gasteiger partial charge in [0.05, 0.1) is 0 Å². The van der Waals surface area contributed by atoms with Gasteiger partial charge < -0.3 is 0 Å². The highest BCUT2D eigenvalue weighted by Gasteiger charge is 1.94. The number of hydrogen-bond acceptors (Lipinski definition) is 0. The summed E-state index contributed by atoms with van der Waals surface area (Å²) in [6, 6.07) is 0. The minimum atomic E-state index is 0.966. The summed E-state index contributed by atoms with van der Waals surface area (Å²) in [5.41, 5.74) is 4.35. The van der Waals surface area contributed by atoms with Crippen molar-refractivity contribution in [2.24, 2.45) is 0 Å². The van der Waals surface area contributed by atoms with Crippen molar-refractivity contribution in [3.63, 3.8) is 0 Å². The summed E-state index contributed by atoms with van der Waals surface area (Å²) in [4.78, 5) is 0. The van der Waals surface area contributed by atoms with E-state index in [2.05, 4.69) is 61.9 Å². The van der Waals surface area contributed by atoms with Crippen LogP contribution in [0.1, 0.15) is 47.0 Å². The highest BCUT2D eigenvalue weighted by molar-refractivity contribution is 9.09. The average molecular weight is 271 g/mol. The fraction of sp³-hybridized carbons (Fsp3) is 0.571. The molecule has 0 nitrogen and oxygen atoms in total. The van der Waals surface area contributed by atoms with Gasteiger partial charge in [0.25, 0.3) is 0 Å². The molecule has 0 atom stereocenters. The molecule has 15 heavy (non-hydrogen) atoms. The summed E-state index contributed by atoms with van der Waals surface area (Å²) in [6.07, 6.45) is 10.3. The molecule has 0 radical (unpaired) electrons. The number of rotatable bonds is 6. The summed E-state index contributed by atoms with van der Waals surface area (Å²) in [5.74, 6) is 0. The summed E-state index contributed by atoms with van der Waals surface area (Å²) >= 11 is 3.47. The Morgan fingerprint density at radius 1 is 0.933 bits per heavy atom. The third kappa shape index (κ3) is 9.99. The normalized spacial score (nSPS) is 11.1. The molecule has 86 valence electrons. The SMILES string of the molecule is CC(C)=CCCC(=CCBr)CC=C(C)C. The van der Waals surface area contributed by atoms with Crippen LogP contribution in [-0.4, -0.2) is 5.33 Å². The Kier molecular flexibility index (Phi) is 8.79. The first kappa shape index (κ1) is 14.7. The molecule has 0 heterocycles. The highest BCUT2D eigenvalue weighted by Crippen LogP contribution is 2.14. The molecular weight excluding hydrogens is 248 g/mol. The molecule has 0 aliphatic heterocycles. The Morgan fingerprint density at radius 2 is 1.53 bits per heavy atom. The van der Waals surface area contributed by atoms with Crippen LogP contribution in [-0.2, 0) is 0 Å². The van der Waals surface area contributed by atoms with E-state index in [1.807, 2.05) is 0 Å². The van der Waals surface area contributed by atoms with Gasteiger partial charge in [-0.1, -0.05) is 50.9 Å². The fourth-order valence-electron chi connectivity index (χ4n) is 1.28. The van der Waals surface area contributed by atoms with Crippen LogP contribution in [0, 0.1) is 0 Å². The van der Waals surface area contributed by atoms with Crippen molar-refractivity contribution in [2.45, 2.75) is 47.0 Å². The highest BCUT2D eigenvalue weighted by atomic mass is 79.9. The van der Waals surface area contributed by atoms with E-state index in [9.17, 15) is 0 Å². The molecule has 0 unspecified atom stereocenters. The number of alkyl halides is 1. The second kappa shape index (κ2) is 8.96. The maximum absolute atomic E-state index is 3.47. The Morgan fingerprint density at radius 3 is 2.00 bits per heavy atom. The van der Waals surface area contributed by atoms with Crippen LogP contribution in [0.5, 0.6) is 0 Å². The molecule has 0 aliphatic carbocycles. The first-order valence-corrected chi connectivity index (χ1v) is 6.69. The molecule has 0 saturated carbocycles. The molecule has 0 amide bonds. The van der Waals surface area contributed by atoms with E-state index in [1.54, 1.807) is 0 Å². The van der Waals surface area contributed by atoms with Gasteiger partial charge >= 0.3 is 0 Å². The van der Waals surface area contributed by atoms with Crippen LogP contribution >= 0.6 is 15.9 Å². The van der Waals surface area contributed by atoms with Gasteiger partial charge in [-0.15, -0.1) is 0 Å². The minimum absolute atomic E-state index is 0.966. The second-order valence-electron chi connectivity index (χ2n) is 4.32. The Balaban J connectivity index is 4.12. The van der Waals surface area contributed by atoms with Crippen molar-refractivity contribution in [2.75, 3.05) is 5.33 Å². The summed E-state index contributed by atoms with van der Waals surface area (Å²) in [5, 5.41) is 0.966. The van der Waals surface area contributed by atoms with Crippen molar-refractivity contribution < 1.29 is 0 Å². The molecule has 0 fully saturated rings. The van der Waals surface area contributed by atoms with E-state index < -0.39 is 0 Å². The van der Waals surface area contributed by atoms with E-state index in [0.717, 1.165) is 18.2 Å². The number of halogens is 1. The first-order valence-electron chi connectivity index (χ1n) is 5.57. The van der Waals surface area contributed by atoms with E-state index in [-0.39, 0.29) is 0 Å². The third-order valence-electron chi connectivity index (χ3n) is 2.16. The maximum Gasteiger partial charge on any atom is 0.0214 e. The Labute approximate surface area is 103 Å². The fourth-order valence-corrected chi connectivity index (χ4v) is 1.74. The summed E-state index contributed by atoms with van der Waals surface area (Å²) < 4.78 is 0. The lowest BCUT2D eigenvalue weighted by Gasteiger charge is -2.03. The van der Waals surface area contributed by atoms with Crippen LogP contribution in [0.2, 0.25) is 0 Å². The molecule has 0 rings (SSSR count). The predicted octanol–water partition coefficient (Wildman–Crippen LogP) is 5.41. The average Bonchev–Trinajstić information content (AvgIpc) is 2.13. The zero-order valence-corrected chi connectivity index (χ0v) is 12.0. The summed E-state index contributed by atoms with van der Waals surface area (Å²) in [7, 11) is 0. The van der Waals surface area contributed by atoms with Crippen LogP contribution in [0.25, 0.3) is 0 Å². The quantitative estimate of drug-likeness (QED) is 0.447. The molecule has 0 aromatic rings. The van der Waals surface area contributed by atoms with Gasteiger partial charge in [0, 0.05) is 5.33 Å². The summed E-state index contributed by atoms with van der Waals surface area (Å²) in [6.45, 7) is 8.62. The lowest BCUT2D eigenvalue weighted by Crippen LogP contribution is -1.84. The first-order chi connectivity index (χ1) is 7.06. The van der Waals surface area contributed by atoms with Gasteiger partial charge in [-0.2, -0.15) is 0 Å². The smallest absolute Gasteiger partial charge is 0.0214 e. The zero-order chi connectivity index (χ0) is 11.7. The van der Waals surface area contributed by atoms with Gasteiger partial charge in [0.15, 0.2) is 0 Å². The van der Waals surface area contributed by atoms with E-state index in [4.69, 9.17) is 0 Å². The monoisotopic (exact) mass is 270 g/mol. The number of allylic oxidation sites excluding steroid dienone is 6. The maximum atomic E-state index is 3.47. The van der Waals surface area contributed by atoms with Crippen molar-refractivity contribution in [1.29, 1.82) is 0 Å². The van der Waals surface area contributed by atoms with Crippen molar-refractivity contribution in [3.05, 3.63) is 34.9 Å². The second-order valence-corrected chi connectivity index (χ2v) is 4.97. The molecule has 0 N–H and O–H groups in total. The van der Waals surface area contributed by atoms with Gasteiger partial charge in [-0.05, 0) is 47.0 Å². The predicted molar refractivity (Wildman–Crippen MR) is 74.6 cm³/mol. The van der Waals surface area contributed by atoms with Crippen molar-refractivity contribution in [1.82, 2.24) is 0 Å². The molecular formula is C14H23Br. The molecule has 0 spiro atoms. The topological polar surface area (TPSA) is 0 Å². The van der Waals surface area contributed by atoms with Gasteiger partial charge in [-0.3, -0.25) is 0 Å². The lowest BCUT2D eigenvalue weighted by molar-refractivity contribution is 0.926. The third-order valence-corrected chi connectivity index (χ3v) is 2.48. The molecule has 0 bridgehead atoms. The van der Waals surface area contributed by atoms with Crippen LogP contribution in [0.4, 0.5) is 0 Å². The van der Waals surface area contributed by atoms with Gasteiger partial charge in [-0.25, -0.2) is 0 Å². The Bertz CT molecular complexity index is 249. The van der Waals surface area contributed by atoms with Gasteiger partial charge in [0.2, 0.25) is 0 Å². The molecule has 0 saturated heterocycles. The Hall–Kier alpha value is -0.300. The van der Waals surface area contributed by atoms with Crippen LogP contribution in [0.15, 0.2) is 34.9 Å². The lowest BCUT2D eigenvalue weighted by atomic mass is 10.0. The molecule has 0 aliphatic rings. The van der Waals surface area contributed by atoms with E-state index >= 15 is 0 Å². The standard InChI is InChI=1S/C14H23Br/c1-12(2)6-5-7-14(10-11-15)9-8-13(3)4/h6,8,10H,5,7,9,11H2,1-4H3. The van der Waals surface area contributed by atoms with E-state index in [1.165, 1.54) is 23.1 Å².